The van der Waals surface area contributed by atoms with Crippen LogP contribution in [0.15, 0.2) is 87.2 Å². The summed E-state index contributed by atoms with van der Waals surface area (Å²) in [5, 5.41) is 4.33. The Hall–Kier alpha value is -3.47. The monoisotopic (exact) mass is 496 g/mol. The second-order valence-electron chi connectivity index (χ2n) is 7.72. The average Bonchev–Trinajstić information content (AvgIpc) is 3.45. The number of aromatic nitrogens is 2. The van der Waals surface area contributed by atoms with Gasteiger partial charge in [-0.05, 0) is 42.5 Å². The summed E-state index contributed by atoms with van der Waals surface area (Å²) in [7, 11) is -2.20. The van der Waals surface area contributed by atoms with Crippen LogP contribution in [0.4, 0.5) is 5.69 Å². The summed E-state index contributed by atoms with van der Waals surface area (Å²) in [6.07, 6.45) is 0.121. The molecule has 1 amide bonds. The molecule has 4 aromatic rings. The van der Waals surface area contributed by atoms with E-state index in [4.69, 9.17) is 0 Å². The highest BCUT2D eigenvalue weighted by atomic mass is 32.2. The number of para-hydroxylation sites is 1. The van der Waals surface area contributed by atoms with Gasteiger partial charge in [-0.2, -0.15) is 4.72 Å². The Labute approximate surface area is 201 Å². The number of benzene rings is 2. The van der Waals surface area contributed by atoms with E-state index in [0.29, 0.717) is 11.4 Å². The van der Waals surface area contributed by atoms with Crippen LogP contribution in [0.2, 0.25) is 0 Å². The van der Waals surface area contributed by atoms with Gasteiger partial charge in [0.05, 0.1) is 11.4 Å². The summed E-state index contributed by atoms with van der Waals surface area (Å²) in [5.41, 5.74) is 1.67. The third-order valence-electron chi connectivity index (χ3n) is 5.46. The van der Waals surface area contributed by atoms with E-state index in [1.165, 1.54) is 10.7 Å². The zero-order valence-electron chi connectivity index (χ0n) is 18.6. The van der Waals surface area contributed by atoms with Crippen molar-refractivity contribution < 1.29 is 13.2 Å². The molecule has 1 unspecified atom stereocenters. The van der Waals surface area contributed by atoms with Gasteiger partial charge in [0.2, 0.25) is 5.91 Å². The Kier molecular flexibility index (Phi) is 6.82. The summed E-state index contributed by atoms with van der Waals surface area (Å²) in [6.45, 7) is 1.72. The van der Waals surface area contributed by atoms with Crippen molar-refractivity contribution in [1.82, 2.24) is 14.1 Å². The minimum Gasteiger partial charge on any atom is -0.319 e. The van der Waals surface area contributed by atoms with Crippen LogP contribution < -0.4 is 15.6 Å². The van der Waals surface area contributed by atoms with Crippen molar-refractivity contribution >= 4 is 33.0 Å². The third-order valence-corrected chi connectivity index (χ3v) is 8.33. The first-order valence-electron chi connectivity index (χ1n) is 10.5. The molecule has 176 valence electrons. The molecule has 0 spiro atoms. The van der Waals surface area contributed by atoms with Crippen molar-refractivity contribution in [2.75, 3.05) is 5.32 Å². The SMILES string of the molecule is Cc1c(NC(=O)C(Cc2ccccc2)NS(=O)(=O)c2cccs2)c(=O)n(-c2ccccc2)n1C. The van der Waals surface area contributed by atoms with Crippen LogP contribution in [0.1, 0.15) is 11.3 Å². The molecule has 0 aliphatic carbocycles. The molecule has 1 atom stereocenters. The van der Waals surface area contributed by atoms with Crippen LogP contribution in [0.25, 0.3) is 5.69 Å². The van der Waals surface area contributed by atoms with Gasteiger partial charge in [0.25, 0.3) is 15.6 Å². The highest BCUT2D eigenvalue weighted by Crippen LogP contribution is 2.18. The standard InChI is InChI=1S/C24H24N4O4S2/c1-17-22(24(30)28(27(17)2)19-12-7-4-8-13-19)25-23(29)20(16-18-10-5-3-6-11-18)26-34(31,32)21-14-9-15-33-21/h3-15,20,26H,16H2,1-2H3,(H,25,29). The zero-order valence-corrected chi connectivity index (χ0v) is 20.3. The van der Waals surface area contributed by atoms with E-state index in [2.05, 4.69) is 10.0 Å². The van der Waals surface area contributed by atoms with Gasteiger partial charge in [-0.3, -0.25) is 14.3 Å². The van der Waals surface area contributed by atoms with E-state index < -0.39 is 27.5 Å². The molecule has 0 saturated heterocycles. The number of thiophene rings is 1. The molecule has 0 fully saturated rings. The fourth-order valence-corrected chi connectivity index (χ4v) is 5.83. The summed E-state index contributed by atoms with van der Waals surface area (Å²) in [4.78, 5) is 26.5. The van der Waals surface area contributed by atoms with Gasteiger partial charge in [-0.25, -0.2) is 13.1 Å². The molecule has 0 saturated carbocycles. The number of rotatable bonds is 8. The van der Waals surface area contributed by atoms with Crippen molar-refractivity contribution in [1.29, 1.82) is 0 Å². The molecular weight excluding hydrogens is 472 g/mol. The molecule has 0 aliphatic rings. The highest BCUT2D eigenvalue weighted by molar-refractivity contribution is 7.91. The van der Waals surface area contributed by atoms with Gasteiger partial charge in [0, 0.05) is 7.05 Å². The van der Waals surface area contributed by atoms with Gasteiger partial charge in [0.15, 0.2) is 0 Å². The van der Waals surface area contributed by atoms with Crippen LogP contribution in [0.5, 0.6) is 0 Å². The number of nitrogens with zero attached hydrogens (tertiary/aromatic N) is 2. The van der Waals surface area contributed by atoms with Crippen LogP contribution in [0.3, 0.4) is 0 Å². The quantitative estimate of drug-likeness (QED) is 0.391. The molecule has 0 bridgehead atoms. The van der Waals surface area contributed by atoms with Crippen LogP contribution in [0, 0.1) is 6.92 Å². The Morgan fingerprint density at radius 3 is 2.26 bits per heavy atom. The predicted molar refractivity (Wildman–Crippen MR) is 133 cm³/mol. The molecule has 10 heteroatoms. The lowest BCUT2D eigenvalue weighted by atomic mass is 10.1. The maximum absolute atomic E-state index is 13.3. The van der Waals surface area contributed by atoms with E-state index >= 15 is 0 Å². The highest BCUT2D eigenvalue weighted by Gasteiger charge is 2.28. The number of carbonyl (C=O) groups is 1. The minimum absolute atomic E-state index is 0.102. The van der Waals surface area contributed by atoms with Gasteiger partial charge < -0.3 is 5.32 Å². The van der Waals surface area contributed by atoms with Crippen molar-refractivity contribution in [2.45, 2.75) is 23.6 Å². The van der Waals surface area contributed by atoms with E-state index in [0.717, 1.165) is 16.9 Å². The number of hydrogen-bond acceptors (Lipinski definition) is 5. The average molecular weight is 497 g/mol. The van der Waals surface area contributed by atoms with Crippen molar-refractivity contribution in [2.24, 2.45) is 7.05 Å². The lowest BCUT2D eigenvalue weighted by Crippen LogP contribution is -2.45. The molecule has 34 heavy (non-hydrogen) atoms. The van der Waals surface area contributed by atoms with E-state index in [1.807, 2.05) is 48.5 Å². The molecule has 2 heterocycles. The second-order valence-corrected chi connectivity index (χ2v) is 10.6. The third kappa shape index (κ3) is 4.89. The molecule has 0 radical (unpaired) electrons. The Bertz CT molecular complexity index is 1440. The zero-order chi connectivity index (χ0) is 24.3. The first-order valence-corrected chi connectivity index (χ1v) is 12.9. The molecule has 2 N–H and O–H groups in total. The summed E-state index contributed by atoms with van der Waals surface area (Å²) in [5.74, 6) is -0.616. The van der Waals surface area contributed by atoms with Crippen molar-refractivity contribution in [3.05, 3.63) is 99.8 Å². The van der Waals surface area contributed by atoms with Gasteiger partial charge in [-0.1, -0.05) is 54.6 Å². The van der Waals surface area contributed by atoms with Gasteiger partial charge >= 0.3 is 0 Å². The molecule has 2 aromatic heterocycles. The Morgan fingerprint density at radius 1 is 1.00 bits per heavy atom. The lowest BCUT2D eigenvalue weighted by Gasteiger charge is -2.18. The van der Waals surface area contributed by atoms with E-state index in [1.54, 1.807) is 42.2 Å². The second kappa shape index (κ2) is 9.80. The lowest BCUT2D eigenvalue weighted by molar-refractivity contribution is -0.117. The van der Waals surface area contributed by atoms with E-state index in [-0.39, 0.29) is 16.3 Å². The van der Waals surface area contributed by atoms with E-state index in [9.17, 15) is 18.0 Å². The predicted octanol–water partition coefficient (Wildman–Crippen LogP) is 3.07. The number of anilines is 1. The number of amides is 1. The Morgan fingerprint density at radius 2 is 1.65 bits per heavy atom. The normalized spacial score (nSPS) is 12.4. The minimum atomic E-state index is -3.92. The fraction of sp³-hybridized carbons (Fsp3) is 0.167. The summed E-state index contributed by atoms with van der Waals surface area (Å²) < 4.78 is 31.5. The first kappa shape index (κ1) is 23.7. The largest absolute Gasteiger partial charge is 0.319 e. The number of nitrogens with one attached hydrogen (secondary N) is 2. The maximum atomic E-state index is 13.3. The summed E-state index contributed by atoms with van der Waals surface area (Å²) in [6, 6.07) is 20.2. The first-order chi connectivity index (χ1) is 16.3. The number of hydrogen-bond donors (Lipinski definition) is 2. The smallest absolute Gasteiger partial charge is 0.295 e. The van der Waals surface area contributed by atoms with Gasteiger partial charge in [-0.15, -0.1) is 11.3 Å². The van der Waals surface area contributed by atoms with Crippen LogP contribution in [-0.2, 0) is 28.3 Å². The summed E-state index contributed by atoms with van der Waals surface area (Å²) >= 11 is 1.06. The van der Waals surface area contributed by atoms with Crippen LogP contribution in [-0.4, -0.2) is 29.7 Å². The molecule has 2 aromatic carbocycles. The number of sulfonamides is 1. The Balaban J connectivity index is 1.67. The maximum Gasteiger partial charge on any atom is 0.295 e. The fourth-order valence-electron chi connectivity index (χ4n) is 3.62. The van der Waals surface area contributed by atoms with Crippen LogP contribution >= 0.6 is 11.3 Å². The molecular formula is C24H24N4O4S2. The van der Waals surface area contributed by atoms with Crippen molar-refractivity contribution in [3.63, 3.8) is 0 Å². The molecule has 0 aliphatic heterocycles. The molecule has 8 nitrogen and oxygen atoms in total. The molecule has 4 rings (SSSR count). The van der Waals surface area contributed by atoms with Gasteiger partial charge in [0.1, 0.15) is 15.9 Å². The van der Waals surface area contributed by atoms with Crippen molar-refractivity contribution in [3.8, 4) is 5.69 Å². The number of carbonyl (C=O) groups excluding carboxylic acids is 1. The topological polar surface area (TPSA) is 102 Å².